The van der Waals surface area contributed by atoms with Crippen LogP contribution in [0.25, 0.3) is 5.65 Å². The number of aromatic nitrogens is 4. The first-order valence-electron chi connectivity index (χ1n) is 10.9. The SMILES string of the molecule is CC(C)c1cnn2c(NC(C)c3ccccc3NC(=O)O)nc(O[C@@H]3CCCNC3)nc12. The van der Waals surface area contributed by atoms with Gasteiger partial charge in [0.25, 0.3) is 0 Å². The van der Waals surface area contributed by atoms with Gasteiger partial charge in [-0.15, -0.1) is 0 Å². The fourth-order valence-corrected chi connectivity index (χ4v) is 3.87. The van der Waals surface area contributed by atoms with Crippen LogP contribution in [0.2, 0.25) is 0 Å². The van der Waals surface area contributed by atoms with Crippen molar-refractivity contribution in [3.8, 4) is 6.01 Å². The number of fused-ring (bicyclic) bond motifs is 1. The highest BCUT2D eigenvalue weighted by Crippen LogP contribution is 2.28. The van der Waals surface area contributed by atoms with Crippen molar-refractivity contribution >= 4 is 23.4 Å². The van der Waals surface area contributed by atoms with E-state index < -0.39 is 6.09 Å². The number of benzene rings is 1. The van der Waals surface area contributed by atoms with Gasteiger partial charge in [-0.05, 0) is 43.9 Å². The van der Waals surface area contributed by atoms with E-state index in [0.29, 0.717) is 23.3 Å². The van der Waals surface area contributed by atoms with Crippen molar-refractivity contribution in [1.82, 2.24) is 24.9 Å². The average molecular weight is 440 g/mol. The third-order valence-electron chi connectivity index (χ3n) is 5.54. The molecular weight excluding hydrogens is 410 g/mol. The molecule has 1 fully saturated rings. The van der Waals surface area contributed by atoms with E-state index in [-0.39, 0.29) is 18.1 Å². The maximum atomic E-state index is 11.2. The van der Waals surface area contributed by atoms with Crippen LogP contribution in [0.4, 0.5) is 16.4 Å². The van der Waals surface area contributed by atoms with Crippen molar-refractivity contribution in [2.24, 2.45) is 0 Å². The summed E-state index contributed by atoms with van der Waals surface area (Å²) in [6.07, 6.45) is 2.70. The maximum Gasteiger partial charge on any atom is 0.409 e. The molecule has 32 heavy (non-hydrogen) atoms. The number of nitrogens with one attached hydrogen (secondary N) is 3. The summed E-state index contributed by atoms with van der Waals surface area (Å²) in [6, 6.07) is 7.30. The molecule has 2 aromatic heterocycles. The second-order valence-corrected chi connectivity index (χ2v) is 8.29. The van der Waals surface area contributed by atoms with Crippen LogP contribution in [-0.2, 0) is 0 Å². The number of carboxylic acid groups (broad SMARTS) is 1. The van der Waals surface area contributed by atoms with Crippen LogP contribution < -0.4 is 20.7 Å². The summed E-state index contributed by atoms with van der Waals surface area (Å²) < 4.78 is 7.79. The lowest BCUT2D eigenvalue weighted by Gasteiger charge is -2.23. The Hall–Kier alpha value is -3.40. The molecule has 0 bridgehead atoms. The topological polar surface area (TPSA) is 126 Å². The summed E-state index contributed by atoms with van der Waals surface area (Å²) in [4.78, 5) is 20.5. The van der Waals surface area contributed by atoms with Crippen LogP contribution in [0.3, 0.4) is 0 Å². The Balaban J connectivity index is 1.68. The molecule has 3 aromatic rings. The fraction of sp³-hybridized carbons (Fsp3) is 0.455. The molecular formula is C22H29N7O3. The monoisotopic (exact) mass is 439 g/mol. The Morgan fingerprint density at radius 3 is 2.78 bits per heavy atom. The van der Waals surface area contributed by atoms with Gasteiger partial charge < -0.3 is 20.5 Å². The molecule has 1 amide bonds. The van der Waals surface area contributed by atoms with Crippen molar-refractivity contribution in [3.63, 3.8) is 0 Å². The zero-order valence-corrected chi connectivity index (χ0v) is 18.5. The molecule has 10 heteroatoms. The largest absolute Gasteiger partial charge is 0.465 e. The lowest BCUT2D eigenvalue weighted by atomic mass is 10.1. The van der Waals surface area contributed by atoms with Crippen molar-refractivity contribution in [3.05, 3.63) is 41.6 Å². The number of ether oxygens (including phenoxy) is 1. The molecule has 0 radical (unpaired) electrons. The van der Waals surface area contributed by atoms with Gasteiger partial charge in [0.1, 0.15) is 6.10 Å². The normalized spacial score (nSPS) is 17.3. The quantitative estimate of drug-likeness (QED) is 0.440. The molecule has 10 nitrogen and oxygen atoms in total. The van der Waals surface area contributed by atoms with E-state index in [1.807, 2.05) is 19.1 Å². The lowest BCUT2D eigenvalue weighted by Crippen LogP contribution is -2.37. The predicted molar refractivity (Wildman–Crippen MR) is 122 cm³/mol. The second-order valence-electron chi connectivity index (χ2n) is 8.29. The number of hydrogen-bond acceptors (Lipinski definition) is 7. The highest BCUT2D eigenvalue weighted by atomic mass is 16.5. The van der Waals surface area contributed by atoms with Gasteiger partial charge in [0.05, 0.1) is 12.2 Å². The van der Waals surface area contributed by atoms with Crippen LogP contribution in [0.5, 0.6) is 6.01 Å². The smallest absolute Gasteiger partial charge is 0.409 e. The molecule has 4 rings (SSSR count). The standard InChI is InChI=1S/C22H29N7O3/c1-13(2)17-12-24-29-19(17)27-21(32-15-7-6-10-23-11-15)28-20(29)25-14(3)16-8-4-5-9-18(16)26-22(30)31/h4-5,8-9,12-15,23,26H,6-7,10-11H2,1-3H3,(H,30,31)(H,25,27,28)/t14?,15-/m1/s1. The van der Waals surface area contributed by atoms with Crippen molar-refractivity contribution in [1.29, 1.82) is 0 Å². The molecule has 0 aliphatic carbocycles. The van der Waals surface area contributed by atoms with Crippen molar-refractivity contribution in [2.75, 3.05) is 23.7 Å². The van der Waals surface area contributed by atoms with Crippen LogP contribution in [-0.4, -0.2) is 50.0 Å². The Bertz CT molecular complexity index is 1090. The molecule has 4 N–H and O–H groups in total. The van der Waals surface area contributed by atoms with Crippen LogP contribution in [0.15, 0.2) is 30.5 Å². The highest BCUT2D eigenvalue weighted by molar-refractivity contribution is 5.84. The van der Waals surface area contributed by atoms with Crippen molar-refractivity contribution in [2.45, 2.75) is 51.7 Å². The molecule has 3 heterocycles. The number of rotatable bonds is 7. The predicted octanol–water partition coefficient (Wildman–Crippen LogP) is 3.64. The first-order valence-corrected chi connectivity index (χ1v) is 10.9. The molecule has 1 aliphatic rings. The summed E-state index contributed by atoms with van der Waals surface area (Å²) in [6.45, 7) is 7.88. The average Bonchev–Trinajstić information content (AvgIpc) is 3.19. The minimum atomic E-state index is -1.11. The van der Waals surface area contributed by atoms with E-state index in [4.69, 9.17) is 9.84 Å². The van der Waals surface area contributed by atoms with Gasteiger partial charge in [0, 0.05) is 17.8 Å². The van der Waals surface area contributed by atoms with Gasteiger partial charge in [-0.25, -0.2) is 4.79 Å². The molecule has 1 aromatic carbocycles. The number of amides is 1. The van der Waals surface area contributed by atoms with E-state index in [2.05, 4.69) is 44.9 Å². The van der Waals surface area contributed by atoms with Gasteiger partial charge in [0.15, 0.2) is 5.65 Å². The number of piperidine rings is 1. The van der Waals surface area contributed by atoms with E-state index in [1.165, 1.54) is 0 Å². The van der Waals surface area contributed by atoms with Crippen LogP contribution in [0.1, 0.15) is 56.7 Å². The molecule has 170 valence electrons. The van der Waals surface area contributed by atoms with Gasteiger partial charge >= 0.3 is 12.1 Å². The number of para-hydroxylation sites is 1. The fourth-order valence-electron chi connectivity index (χ4n) is 3.87. The zero-order valence-electron chi connectivity index (χ0n) is 18.5. The highest BCUT2D eigenvalue weighted by Gasteiger charge is 2.21. The molecule has 1 aliphatic heterocycles. The van der Waals surface area contributed by atoms with Gasteiger partial charge in [-0.1, -0.05) is 32.0 Å². The van der Waals surface area contributed by atoms with Gasteiger partial charge in [-0.2, -0.15) is 19.6 Å². The first kappa shape index (κ1) is 21.8. The van der Waals surface area contributed by atoms with E-state index in [1.54, 1.807) is 22.8 Å². The number of anilines is 2. The summed E-state index contributed by atoms with van der Waals surface area (Å²) in [5, 5.41) is 22.8. The van der Waals surface area contributed by atoms with Gasteiger partial charge in [-0.3, -0.25) is 5.32 Å². The molecule has 0 spiro atoms. The maximum absolute atomic E-state index is 11.2. The number of nitrogens with zero attached hydrogens (tertiary/aromatic N) is 4. The minimum absolute atomic E-state index is 0.0161. The van der Waals surface area contributed by atoms with E-state index in [9.17, 15) is 4.79 Å². The summed E-state index contributed by atoms with van der Waals surface area (Å²) in [5.74, 6) is 0.718. The Kier molecular flexibility index (Phi) is 6.40. The first-order chi connectivity index (χ1) is 15.4. The van der Waals surface area contributed by atoms with Crippen LogP contribution >= 0.6 is 0 Å². The second kappa shape index (κ2) is 9.39. The zero-order chi connectivity index (χ0) is 22.7. The Morgan fingerprint density at radius 2 is 2.06 bits per heavy atom. The van der Waals surface area contributed by atoms with Crippen molar-refractivity contribution < 1.29 is 14.6 Å². The minimum Gasteiger partial charge on any atom is -0.465 e. The van der Waals surface area contributed by atoms with Crippen LogP contribution in [0, 0.1) is 0 Å². The molecule has 2 atom stereocenters. The summed E-state index contributed by atoms with van der Waals surface area (Å²) in [7, 11) is 0. The summed E-state index contributed by atoms with van der Waals surface area (Å²) >= 11 is 0. The molecule has 1 unspecified atom stereocenters. The summed E-state index contributed by atoms with van der Waals surface area (Å²) in [5.41, 5.74) is 3.00. The molecule has 1 saturated heterocycles. The third kappa shape index (κ3) is 4.75. The van der Waals surface area contributed by atoms with Gasteiger partial charge in [0.2, 0.25) is 5.95 Å². The van der Waals surface area contributed by atoms with E-state index in [0.717, 1.165) is 37.1 Å². The number of carbonyl (C=O) groups is 1. The Labute approximate surface area is 186 Å². The molecule has 0 saturated carbocycles. The Morgan fingerprint density at radius 1 is 1.25 bits per heavy atom. The lowest BCUT2D eigenvalue weighted by molar-refractivity contribution is 0.153. The third-order valence-corrected chi connectivity index (χ3v) is 5.54. The number of hydrogen-bond donors (Lipinski definition) is 4. The van der Waals surface area contributed by atoms with E-state index >= 15 is 0 Å².